The van der Waals surface area contributed by atoms with Gasteiger partial charge in [0.25, 0.3) is 5.91 Å². The first kappa shape index (κ1) is 18.9. The number of rotatable bonds is 5. The van der Waals surface area contributed by atoms with Crippen molar-refractivity contribution in [1.82, 2.24) is 15.1 Å². The van der Waals surface area contributed by atoms with E-state index in [1.807, 2.05) is 24.4 Å². The van der Waals surface area contributed by atoms with Gasteiger partial charge in [0.1, 0.15) is 17.2 Å². The van der Waals surface area contributed by atoms with Gasteiger partial charge >= 0.3 is 0 Å². The van der Waals surface area contributed by atoms with Crippen LogP contribution in [0.15, 0.2) is 35.7 Å². The van der Waals surface area contributed by atoms with Gasteiger partial charge in [-0.1, -0.05) is 12.1 Å². The van der Waals surface area contributed by atoms with Gasteiger partial charge in [0.05, 0.1) is 6.04 Å². The number of hydrogen-bond acceptors (Lipinski definition) is 4. The van der Waals surface area contributed by atoms with Crippen LogP contribution in [0.5, 0.6) is 0 Å². The minimum Gasteiger partial charge on any atom is -0.347 e. The third-order valence-corrected chi connectivity index (χ3v) is 5.73. The molecule has 0 spiro atoms. The van der Waals surface area contributed by atoms with Crippen LogP contribution in [0.1, 0.15) is 28.2 Å². The van der Waals surface area contributed by atoms with Gasteiger partial charge in [-0.05, 0) is 37.6 Å². The SMILES string of the molecule is CC(NC(=O)c1c(F)cccc1F)C(c1cccs1)N1CCN(C)CC1. The molecule has 2 unspecified atom stereocenters. The van der Waals surface area contributed by atoms with Gasteiger partial charge in [0, 0.05) is 37.1 Å². The molecule has 1 amide bonds. The molecule has 2 aromatic rings. The highest BCUT2D eigenvalue weighted by atomic mass is 32.1. The third-order valence-electron chi connectivity index (χ3n) is 4.79. The Labute approximate surface area is 156 Å². The van der Waals surface area contributed by atoms with Gasteiger partial charge in [-0.25, -0.2) is 8.78 Å². The number of benzene rings is 1. The second-order valence-electron chi connectivity index (χ2n) is 6.66. The Balaban J connectivity index is 1.79. The molecule has 2 heterocycles. The summed E-state index contributed by atoms with van der Waals surface area (Å²) in [5, 5.41) is 4.81. The van der Waals surface area contributed by atoms with Gasteiger partial charge in [-0.2, -0.15) is 0 Å². The molecule has 1 aliphatic heterocycles. The lowest BCUT2D eigenvalue weighted by molar-refractivity contribution is 0.0793. The average Bonchev–Trinajstić information content (AvgIpc) is 3.10. The molecule has 1 aromatic carbocycles. The number of carbonyl (C=O) groups is 1. The molecule has 0 radical (unpaired) electrons. The molecule has 0 saturated carbocycles. The largest absolute Gasteiger partial charge is 0.347 e. The monoisotopic (exact) mass is 379 g/mol. The number of hydrogen-bond donors (Lipinski definition) is 1. The van der Waals surface area contributed by atoms with E-state index in [9.17, 15) is 13.6 Å². The molecular formula is C19H23F2N3OS. The molecule has 1 aliphatic rings. The summed E-state index contributed by atoms with van der Waals surface area (Å²) < 4.78 is 27.8. The molecular weight excluding hydrogens is 356 g/mol. The highest BCUT2D eigenvalue weighted by Gasteiger charge is 2.31. The second-order valence-corrected chi connectivity index (χ2v) is 7.64. The lowest BCUT2D eigenvalue weighted by Gasteiger charge is -2.40. The van der Waals surface area contributed by atoms with Crippen molar-refractivity contribution in [3.63, 3.8) is 0 Å². The Bertz CT molecular complexity index is 725. The predicted octanol–water partition coefficient (Wildman–Crippen LogP) is 3.13. The molecule has 0 bridgehead atoms. The number of thiophene rings is 1. The van der Waals surface area contributed by atoms with Crippen LogP contribution in [0.25, 0.3) is 0 Å². The lowest BCUT2D eigenvalue weighted by atomic mass is 10.0. The van der Waals surface area contributed by atoms with Crippen LogP contribution in [-0.2, 0) is 0 Å². The lowest BCUT2D eigenvalue weighted by Crippen LogP contribution is -2.51. The summed E-state index contributed by atoms with van der Waals surface area (Å²) >= 11 is 1.63. The Kier molecular flexibility index (Phi) is 6.01. The van der Waals surface area contributed by atoms with Crippen LogP contribution in [0.4, 0.5) is 8.78 Å². The zero-order chi connectivity index (χ0) is 18.7. The molecule has 7 heteroatoms. The van der Waals surface area contributed by atoms with Crippen molar-refractivity contribution in [2.45, 2.75) is 19.0 Å². The molecule has 3 rings (SSSR count). The fourth-order valence-corrected chi connectivity index (χ4v) is 4.34. The minimum absolute atomic E-state index is 0.0255. The molecule has 140 valence electrons. The first-order chi connectivity index (χ1) is 12.5. The quantitative estimate of drug-likeness (QED) is 0.867. The van der Waals surface area contributed by atoms with Crippen molar-refractivity contribution < 1.29 is 13.6 Å². The number of nitrogens with zero attached hydrogens (tertiary/aromatic N) is 2. The fourth-order valence-electron chi connectivity index (χ4n) is 3.37. The molecule has 1 N–H and O–H groups in total. The van der Waals surface area contributed by atoms with E-state index in [2.05, 4.69) is 22.2 Å². The third kappa shape index (κ3) is 4.11. The van der Waals surface area contributed by atoms with Crippen LogP contribution in [0.3, 0.4) is 0 Å². The maximum absolute atomic E-state index is 13.9. The average molecular weight is 379 g/mol. The first-order valence-corrected chi connectivity index (χ1v) is 9.56. The summed E-state index contributed by atoms with van der Waals surface area (Å²) in [6.45, 7) is 5.55. The topological polar surface area (TPSA) is 35.6 Å². The maximum atomic E-state index is 13.9. The van der Waals surface area contributed by atoms with Gasteiger partial charge in [-0.15, -0.1) is 11.3 Å². The summed E-state index contributed by atoms with van der Waals surface area (Å²) in [5.41, 5.74) is -0.525. The molecule has 1 fully saturated rings. The van der Waals surface area contributed by atoms with Crippen molar-refractivity contribution in [1.29, 1.82) is 0 Å². The molecule has 4 nitrogen and oxygen atoms in total. The summed E-state index contributed by atoms with van der Waals surface area (Å²) in [7, 11) is 2.09. The van der Waals surface area contributed by atoms with E-state index in [-0.39, 0.29) is 12.1 Å². The van der Waals surface area contributed by atoms with Crippen molar-refractivity contribution >= 4 is 17.2 Å². The maximum Gasteiger partial charge on any atom is 0.257 e. The van der Waals surface area contributed by atoms with Crippen molar-refractivity contribution in [2.24, 2.45) is 0 Å². The van der Waals surface area contributed by atoms with Crippen LogP contribution >= 0.6 is 11.3 Å². The Morgan fingerprint density at radius 1 is 1.12 bits per heavy atom. The smallest absolute Gasteiger partial charge is 0.257 e. The normalized spacial score (nSPS) is 18.5. The summed E-state index contributed by atoms with van der Waals surface area (Å²) in [4.78, 5) is 18.2. The standard InChI is InChI=1S/C19H23F2N3OS/c1-13(22-19(25)17-14(20)5-3-6-15(17)21)18(16-7-4-12-26-16)24-10-8-23(2)9-11-24/h3-7,12-13,18H,8-11H2,1-2H3,(H,22,25). The molecule has 26 heavy (non-hydrogen) atoms. The summed E-state index contributed by atoms with van der Waals surface area (Å²) in [5.74, 6) is -2.41. The van der Waals surface area contributed by atoms with Crippen LogP contribution in [0.2, 0.25) is 0 Å². The number of carbonyl (C=O) groups excluding carboxylic acids is 1. The molecule has 0 aliphatic carbocycles. The number of amides is 1. The van der Waals surface area contributed by atoms with Crippen molar-refractivity contribution in [3.05, 3.63) is 57.8 Å². The minimum atomic E-state index is -0.845. The highest BCUT2D eigenvalue weighted by molar-refractivity contribution is 7.10. The summed E-state index contributed by atoms with van der Waals surface area (Å²) in [6.07, 6.45) is 0. The molecule has 2 atom stereocenters. The van der Waals surface area contributed by atoms with E-state index in [4.69, 9.17) is 0 Å². The molecule has 1 saturated heterocycles. The number of piperazine rings is 1. The predicted molar refractivity (Wildman–Crippen MR) is 99.4 cm³/mol. The van der Waals surface area contributed by atoms with E-state index in [1.165, 1.54) is 6.07 Å². The van der Waals surface area contributed by atoms with Crippen LogP contribution in [0, 0.1) is 11.6 Å². The highest BCUT2D eigenvalue weighted by Crippen LogP contribution is 2.29. The number of nitrogens with one attached hydrogen (secondary N) is 1. The van der Waals surface area contributed by atoms with E-state index >= 15 is 0 Å². The second kappa shape index (κ2) is 8.24. The van der Waals surface area contributed by atoms with E-state index in [1.54, 1.807) is 11.3 Å². The van der Waals surface area contributed by atoms with Crippen molar-refractivity contribution in [2.75, 3.05) is 33.2 Å². The van der Waals surface area contributed by atoms with Gasteiger partial charge in [-0.3, -0.25) is 9.69 Å². The van der Waals surface area contributed by atoms with Crippen molar-refractivity contribution in [3.8, 4) is 0 Å². The number of likely N-dealkylation sites (N-methyl/N-ethyl adjacent to an activating group) is 1. The number of halogens is 2. The van der Waals surface area contributed by atoms with E-state index < -0.39 is 23.1 Å². The zero-order valence-corrected chi connectivity index (χ0v) is 15.7. The Morgan fingerprint density at radius 3 is 2.35 bits per heavy atom. The fraction of sp³-hybridized carbons (Fsp3) is 0.421. The summed E-state index contributed by atoms with van der Waals surface area (Å²) in [6, 6.07) is 7.16. The van der Waals surface area contributed by atoms with Gasteiger partial charge in [0.2, 0.25) is 0 Å². The van der Waals surface area contributed by atoms with E-state index in [0.29, 0.717) is 0 Å². The van der Waals surface area contributed by atoms with Gasteiger partial charge < -0.3 is 10.2 Å². The molecule has 1 aromatic heterocycles. The Morgan fingerprint density at radius 2 is 1.77 bits per heavy atom. The van der Waals surface area contributed by atoms with E-state index in [0.717, 1.165) is 43.2 Å². The zero-order valence-electron chi connectivity index (χ0n) is 14.9. The Hall–Kier alpha value is -1.83. The van der Waals surface area contributed by atoms with Crippen LogP contribution in [-0.4, -0.2) is 55.0 Å². The van der Waals surface area contributed by atoms with Crippen LogP contribution < -0.4 is 5.32 Å². The van der Waals surface area contributed by atoms with Gasteiger partial charge in [0.15, 0.2) is 0 Å². The first-order valence-electron chi connectivity index (χ1n) is 8.68.